The highest BCUT2D eigenvalue weighted by Gasteiger charge is 2.64. The van der Waals surface area contributed by atoms with E-state index >= 15 is 0 Å². The Morgan fingerprint density at radius 2 is 1.57 bits per heavy atom. The first-order valence-electron chi connectivity index (χ1n) is 15.7. The molecule has 4 aliphatic carbocycles. The van der Waals surface area contributed by atoms with Crippen molar-refractivity contribution in [2.45, 2.75) is 90.6 Å². The Morgan fingerprint density at radius 1 is 0.900 bits per heavy atom. The third-order valence-electron chi connectivity index (χ3n) is 12.6. The molecule has 4 saturated carbocycles. The summed E-state index contributed by atoms with van der Waals surface area (Å²) in [4.78, 5) is 25.2. The molecular weight excluding hydrogens is 496 g/mol. The van der Waals surface area contributed by atoms with Crippen molar-refractivity contribution >= 4 is 11.8 Å². The van der Waals surface area contributed by atoms with Crippen LogP contribution in [0.5, 0.6) is 0 Å². The number of ketones is 1. The highest BCUT2D eigenvalue weighted by molar-refractivity contribution is 5.83. The van der Waals surface area contributed by atoms with Gasteiger partial charge in [-0.2, -0.15) is 0 Å². The number of aliphatic hydroxyl groups is 1. The number of carboxylic acids is 1. The fourth-order valence-electron chi connectivity index (χ4n) is 10.3. The number of rotatable bonds is 6. The largest absolute Gasteiger partial charge is 0.481 e. The summed E-state index contributed by atoms with van der Waals surface area (Å²) in [5.41, 5.74) is 2.65. The zero-order valence-corrected chi connectivity index (χ0v) is 24.4. The molecule has 214 valence electrons. The summed E-state index contributed by atoms with van der Waals surface area (Å²) in [6.07, 6.45) is 8.39. The van der Waals surface area contributed by atoms with Gasteiger partial charge in [0.15, 0.2) is 0 Å². The molecule has 2 aromatic carbocycles. The Hall–Kier alpha value is -2.46. The van der Waals surface area contributed by atoms with Gasteiger partial charge < -0.3 is 10.2 Å². The van der Waals surface area contributed by atoms with Gasteiger partial charge in [0.2, 0.25) is 0 Å². The van der Waals surface area contributed by atoms with Crippen LogP contribution in [0.4, 0.5) is 0 Å². The van der Waals surface area contributed by atoms with E-state index in [1.165, 1.54) is 5.56 Å². The first-order chi connectivity index (χ1) is 19.0. The van der Waals surface area contributed by atoms with Crippen molar-refractivity contribution in [3.63, 3.8) is 0 Å². The average molecular weight is 543 g/mol. The zero-order chi connectivity index (χ0) is 28.3. The Morgan fingerprint density at radius 3 is 2.27 bits per heavy atom. The van der Waals surface area contributed by atoms with E-state index in [9.17, 15) is 19.8 Å². The SMILES string of the molecule is C[C@H](CCC(=O)O)[C@H]1CC[C@H]2[C@@H]3C(=O)C[C@@H]4C[C@](O)(c5ccc(-c6ccccc6)cc5)CC[C@]4(C)[C@H]3CC[C@]12C. The minimum absolute atomic E-state index is 0.0864. The standard InChI is InChI=1S/C36H46O4/c1-23(9-16-32(38)39)28-14-15-29-33-30(17-18-35(28,29)3)34(2)19-20-36(40,22-27(34)21-31(33)37)26-12-10-25(11-13-26)24-7-5-4-6-8-24/h4-8,10-13,23,27-30,33,40H,9,14-22H2,1-3H3,(H,38,39)/t23-,27-,28-,29+,30+,33+,34+,35-,36+/m1/s1. The molecule has 0 aromatic heterocycles. The number of fused-ring (bicyclic) bond motifs is 5. The summed E-state index contributed by atoms with van der Waals surface area (Å²) in [5, 5.41) is 21.2. The molecule has 4 nitrogen and oxygen atoms in total. The molecule has 6 rings (SSSR count). The third kappa shape index (κ3) is 4.46. The Bertz CT molecular complexity index is 1250. The lowest BCUT2D eigenvalue weighted by molar-refractivity contribution is -0.170. The number of carboxylic acid groups (broad SMARTS) is 1. The number of carbonyl (C=O) groups is 2. The van der Waals surface area contributed by atoms with E-state index in [2.05, 4.69) is 57.2 Å². The van der Waals surface area contributed by atoms with Crippen molar-refractivity contribution in [2.75, 3.05) is 0 Å². The summed E-state index contributed by atoms with van der Waals surface area (Å²) in [6, 6.07) is 18.8. The van der Waals surface area contributed by atoms with Gasteiger partial charge in [0.1, 0.15) is 5.78 Å². The molecule has 0 saturated heterocycles. The van der Waals surface area contributed by atoms with Gasteiger partial charge in [-0.05, 0) is 108 Å². The van der Waals surface area contributed by atoms with Gasteiger partial charge in [-0.25, -0.2) is 0 Å². The summed E-state index contributed by atoms with van der Waals surface area (Å²) in [6.45, 7) is 7.09. The van der Waals surface area contributed by atoms with Gasteiger partial charge in [-0.15, -0.1) is 0 Å². The topological polar surface area (TPSA) is 74.6 Å². The smallest absolute Gasteiger partial charge is 0.303 e. The van der Waals surface area contributed by atoms with Crippen LogP contribution >= 0.6 is 0 Å². The summed E-state index contributed by atoms with van der Waals surface area (Å²) in [7, 11) is 0. The molecule has 2 N–H and O–H groups in total. The van der Waals surface area contributed by atoms with Crippen LogP contribution in [0.15, 0.2) is 54.6 Å². The quantitative estimate of drug-likeness (QED) is 0.389. The second-order valence-corrected chi connectivity index (χ2v) is 14.4. The monoisotopic (exact) mass is 542 g/mol. The molecule has 0 bridgehead atoms. The van der Waals surface area contributed by atoms with Crippen LogP contribution in [0.2, 0.25) is 0 Å². The van der Waals surface area contributed by atoms with Crippen LogP contribution in [-0.4, -0.2) is 22.0 Å². The molecule has 4 aliphatic rings. The Kier molecular flexibility index (Phi) is 7.01. The van der Waals surface area contributed by atoms with Crippen LogP contribution in [0.25, 0.3) is 11.1 Å². The van der Waals surface area contributed by atoms with Crippen LogP contribution < -0.4 is 0 Å². The van der Waals surface area contributed by atoms with Crippen molar-refractivity contribution in [1.29, 1.82) is 0 Å². The van der Waals surface area contributed by atoms with E-state index in [0.717, 1.165) is 56.1 Å². The molecule has 0 unspecified atom stereocenters. The molecule has 2 aromatic rings. The van der Waals surface area contributed by atoms with E-state index < -0.39 is 11.6 Å². The number of hydrogen-bond acceptors (Lipinski definition) is 3. The third-order valence-corrected chi connectivity index (χ3v) is 12.6. The predicted molar refractivity (Wildman–Crippen MR) is 157 cm³/mol. The number of hydrogen-bond donors (Lipinski definition) is 2. The van der Waals surface area contributed by atoms with Crippen LogP contribution in [-0.2, 0) is 15.2 Å². The molecule has 0 heterocycles. The second kappa shape index (κ2) is 10.1. The molecule has 4 heteroatoms. The Labute approximate surface area is 239 Å². The molecular formula is C36H46O4. The number of carbonyl (C=O) groups excluding carboxylic acids is 1. The summed E-state index contributed by atoms with van der Waals surface area (Å²) >= 11 is 0. The van der Waals surface area contributed by atoms with Gasteiger partial charge in [-0.1, -0.05) is 75.4 Å². The number of benzene rings is 2. The van der Waals surface area contributed by atoms with Gasteiger partial charge in [0.25, 0.3) is 0 Å². The molecule has 0 radical (unpaired) electrons. The van der Waals surface area contributed by atoms with Crippen molar-refractivity contribution in [2.24, 2.45) is 46.3 Å². The van der Waals surface area contributed by atoms with Crippen molar-refractivity contribution < 1.29 is 19.8 Å². The molecule has 40 heavy (non-hydrogen) atoms. The van der Waals surface area contributed by atoms with E-state index in [1.807, 2.05) is 18.2 Å². The van der Waals surface area contributed by atoms with E-state index in [-0.39, 0.29) is 29.1 Å². The van der Waals surface area contributed by atoms with Crippen LogP contribution in [0, 0.1) is 46.3 Å². The fraction of sp³-hybridized carbons (Fsp3) is 0.611. The van der Waals surface area contributed by atoms with Gasteiger partial charge in [0, 0.05) is 18.8 Å². The number of aliphatic carboxylic acids is 1. The van der Waals surface area contributed by atoms with Gasteiger partial charge in [0.05, 0.1) is 5.60 Å². The minimum atomic E-state index is -0.881. The number of Topliss-reactive ketones (excluding diaryl/α,β-unsaturated/α-hetero) is 1. The van der Waals surface area contributed by atoms with E-state index in [0.29, 0.717) is 42.3 Å². The maximum absolute atomic E-state index is 14.0. The normalized spacial score (nSPS) is 39.6. The van der Waals surface area contributed by atoms with Gasteiger partial charge in [-0.3, -0.25) is 9.59 Å². The minimum Gasteiger partial charge on any atom is -0.481 e. The molecule has 0 spiro atoms. The van der Waals surface area contributed by atoms with Crippen molar-refractivity contribution in [3.8, 4) is 11.1 Å². The van der Waals surface area contributed by atoms with Crippen molar-refractivity contribution in [3.05, 3.63) is 60.2 Å². The fourth-order valence-corrected chi connectivity index (χ4v) is 10.3. The van der Waals surface area contributed by atoms with Gasteiger partial charge >= 0.3 is 5.97 Å². The van der Waals surface area contributed by atoms with Crippen LogP contribution in [0.1, 0.15) is 90.5 Å². The molecule has 4 fully saturated rings. The molecule has 0 amide bonds. The highest BCUT2D eigenvalue weighted by atomic mass is 16.4. The second-order valence-electron chi connectivity index (χ2n) is 14.4. The first kappa shape index (κ1) is 27.7. The summed E-state index contributed by atoms with van der Waals surface area (Å²) in [5.74, 6) is 1.77. The maximum Gasteiger partial charge on any atom is 0.303 e. The highest BCUT2D eigenvalue weighted by Crippen LogP contribution is 2.68. The van der Waals surface area contributed by atoms with E-state index in [1.54, 1.807) is 0 Å². The predicted octanol–water partition coefficient (Wildman–Crippen LogP) is 7.88. The summed E-state index contributed by atoms with van der Waals surface area (Å²) < 4.78 is 0. The lowest BCUT2D eigenvalue weighted by Gasteiger charge is -2.61. The molecule has 0 aliphatic heterocycles. The first-order valence-corrected chi connectivity index (χ1v) is 15.7. The maximum atomic E-state index is 14.0. The van der Waals surface area contributed by atoms with Crippen LogP contribution in [0.3, 0.4) is 0 Å². The average Bonchev–Trinajstić information content (AvgIpc) is 3.30. The molecule has 9 atom stereocenters. The van der Waals surface area contributed by atoms with E-state index in [4.69, 9.17) is 0 Å². The zero-order valence-electron chi connectivity index (χ0n) is 24.4. The van der Waals surface area contributed by atoms with Crippen molar-refractivity contribution in [1.82, 2.24) is 0 Å². The Balaban J connectivity index is 1.20. The lowest BCUT2D eigenvalue weighted by Crippen LogP contribution is -2.58. The lowest BCUT2D eigenvalue weighted by atomic mass is 9.43.